The lowest BCUT2D eigenvalue weighted by Crippen LogP contribution is -2.36. The van der Waals surface area contributed by atoms with Crippen molar-refractivity contribution in [2.45, 2.75) is 25.8 Å². The van der Waals surface area contributed by atoms with Gasteiger partial charge in [-0.05, 0) is 57.1 Å². The maximum absolute atomic E-state index is 12.6. The van der Waals surface area contributed by atoms with Crippen LogP contribution in [0.5, 0.6) is 0 Å². The third kappa shape index (κ3) is 3.17. The van der Waals surface area contributed by atoms with Crippen LogP contribution in [0.4, 0.5) is 0 Å². The zero-order chi connectivity index (χ0) is 17.2. The molecule has 1 N–H and O–H groups in total. The number of likely N-dealkylation sites (tertiary alicyclic amines) is 1. The van der Waals surface area contributed by atoms with Crippen LogP contribution in [0, 0.1) is 6.92 Å². The first-order valence-electron chi connectivity index (χ1n) is 8.73. The van der Waals surface area contributed by atoms with E-state index < -0.39 is 0 Å². The smallest absolute Gasteiger partial charge is 0.271 e. The minimum absolute atomic E-state index is 0.0696. The van der Waals surface area contributed by atoms with Crippen LogP contribution in [0.25, 0.3) is 5.65 Å². The van der Waals surface area contributed by atoms with E-state index in [1.807, 2.05) is 41.7 Å². The van der Waals surface area contributed by atoms with Crippen LogP contribution in [0.2, 0.25) is 0 Å². The van der Waals surface area contributed by atoms with Gasteiger partial charge in [0.05, 0.1) is 12.3 Å². The molecule has 1 unspecified atom stereocenters. The summed E-state index contributed by atoms with van der Waals surface area (Å²) in [5.41, 5.74) is 2.27. The van der Waals surface area contributed by atoms with Crippen LogP contribution in [-0.4, -0.2) is 39.8 Å². The Bertz CT molecular complexity index is 863. The van der Waals surface area contributed by atoms with E-state index in [1.54, 1.807) is 12.5 Å². The number of aromatic nitrogens is 2. The Morgan fingerprint density at radius 3 is 2.84 bits per heavy atom. The molecule has 0 aromatic carbocycles. The van der Waals surface area contributed by atoms with Gasteiger partial charge in [-0.3, -0.25) is 9.69 Å². The van der Waals surface area contributed by atoms with Crippen LogP contribution in [0.3, 0.4) is 0 Å². The highest BCUT2D eigenvalue weighted by molar-refractivity contribution is 5.92. The summed E-state index contributed by atoms with van der Waals surface area (Å²) in [6.45, 7) is 4.58. The van der Waals surface area contributed by atoms with Crippen LogP contribution in [0.1, 0.15) is 40.8 Å². The Hall–Kier alpha value is -2.60. The highest BCUT2D eigenvalue weighted by Gasteiger charge is 2.26. The third-order valence-corrected chi connectivity index (χ3v) is 4.84. The average Bonchev–Trinajstić information content (AvgIpc) is 3.36. The van der Waals surface area contributed by atoms with Gasteiger partial charge < -0.3 is 14.1 Å². The predicted octanol–water partition coefficient (Wildman–Crippen LogP) is 2.80. The lowest BCUT2D eigenvalue weighted by molar-refractivity contribution is 0.0929. The second kappa shape index (κ2) is 6.72. The molecule has 4 heterocycles. The number of furan rings is 1. The molecule has 1 aliphatic heterocycles. The summed E-state index contributed by atoms with van der Waals surface area (Å²) >= 11 is 0. The summed E-state index contributed by atoms with van der Waals surface area (Å²) in [5, 5.41) is 3.03. The number of imidazole rings is 1. The summed E-state index contributed by atoms with van der Waals surface area (Å²) in [7, 11) is 0. The summed E-state index contributed by atoms with van der Waals surface area (Å²) in [5.74, 6) is 0.742. The van der Waals surface area contributed by atoms with E-state index in [0.717, 1.165) is 30.2 Å². The molecular weight excluding hydrogens is 316 g/mol. The average molecular weight is 338 g/mol. The Kier molecular flexibility index (Phi) is 4.28. The van der Waals surface area contributed by atoms with E-state index in [0.29, 0.717) is 12.2 Å². The van der Waals surface area contributed by atoms with Gasteiger partial charge in [-0.1, -0.05) is 6.07 Å². The van der Waals surface area contributed by atoms with Crippen LogP contribution in [-0.2, 0) is 0 Å². The number of nitrogens with zero attached hydrogens (tertiary/aromatic N) is 3. The predicted molar refractivity (Wildman–Crippen MR) is 94.5 cm³/mol. The highest BCUT2D eigenvalue weighted by Crippen LogP contribution is 2.25. The molecule has 6 heteroatoms. The standard InChI is InChI=1S/C19H22N4O2/c1-14-6-4-8-18-21-15(13-23(14)18)19(24)20-12-16(17-7-5-11-25-17)22-9-2-3-10-22/h4-8,11,13,16H,2-3,9-10,12H2,1H3,(H,20,24). The van der Waals surface area contributed by atoms with Gasteiger partial charge in [-0.15, -0.1) is 0 Å². The van der Waals surface area contributed by atoms with Crippen LogP contribution >= 0.6 is 0 Å². The maximum atomic E-state index is 12.6. The minimum atomic E-state index is -0.154. The number of hydrogen-bond acceptors (Lipinski definition) is 4. The number of rotatable bonds is 5. The second-order valence-corrected chi connectivity index (χ2v) is 6.51. The number of carbonyl (C=O) groups excluding carboxylic acids is 1. The number of carbonyl (C=O) groups is 1. The monoisotopic (exact) mass is 338 g/mol. The van der Waals surface area contributed by atoms with Crippen molar-refractivity contribution in [2.24, 2.45) is 0 Å². The Labute approximate surface area is 146 Å². The molecule has 6 nitrogen and oxygen atoms in total. The van der Waals surface area contributed by atoms with Crippen LogP contribution < -0.4 is 5.32 Å². The Morgan fingerprint density at radius 1 is 1.28 bits per heavy atom. The number of fused-ring (bicyclic) bond motifs is 1. The van der Waals surface area contributed by atoms with Crippen molar-refractivity contribution in [3.05, 3.63) is 59.9 Å². The minimum Gasteiger partial charge on any atom is -0.468 e. The fourth-order valence-corrected chi connectivity index (χ4v) is 3.48. The van der Waals surface area contributed by atoms with E-state index in [-0.39, 0.29) is 11.9 Å². The number of pyridine rings is 1. The molecule has 1 amide bonds. The van der Waals surface area contributed by atoms with Gasteiger partial charge in [0, 0.05) is 18.4 Å². The van der Waals surface area contributed by atoms with E-state index in [9.17, 15) is 4.79 Å². The van der Waals surface area contributed by atoms with Gasteiger partial charge >= 0.3 is 0 Å². The first kappa shape index (κ1) is 15.9. The molecule has 0 bridgehead atoms. The van der Waals surface area contributed by atoms with Gasteiger partial charge in [-0.25, -0.2) is 4.98 Å². The number of nitrogens with one attached hydrogen (secondary N) is 1. The van der Waals surface area contributed by atoms with E-state index in [4.69, 9.17) is 4.42 Å². The highest BCUT2D eigenvalue weighted by atomic mass is 16.3. The first-order valence-corrected chi connectivity index (χ1v) is 8.73. The molecule has 130 valence electrons. The summed E-state index contributed by atoms with van der Waals surface area (Å²) in [4.78, 5) is 19.4. The van der Waals surface area contributed by atoms with E-state index in [1.165, 1.54) is 12.8 Å². The summed E-state index contributed by atoms with van der Waals surface area (Å²) in [6, 6.07) is 9.78. The second-order valence-electron chi connectivity index (χ2n) is 6.51. The van der Waals surface area contributed by atoms with Crippen LogP contribution in [0.15, 0.2) is 47.2 Å². The zero-order valence-electron chi connectivity index (χ0n) is 14.3. The molecule has 25 heavy (non-hydrogen) atoms. The van der Waals surface area contributed by atoms with E-state index >= 15 is 0 Å². The number of hydrogen-bond donors (Lipinski definition) is 1. The molecule has 0 radical (unpaired) electrons. The molecule has 0 saturated carbocycles. The van der Waals surface area contributed by atoms with Crippen molar-refractivity contribution >= 4 is 11.6 Å². The van der Waals surface area contributed by atoms with Crippen molar-refractivity contribution < 1.29 is 9.21 Å². The molecule has 0 aliphatic carbocycles. The molecule has 3 aromatic heterocycles. The van der Waals surface area contributed by atoms with Crippen molar-refractivity contribution in [1.29, 1.82) is 0 Å². The largest absolute Gasteiger partial charge is 0.468 e. The van der Waals surface area contributed by atoms with Gasteiger partial charge in [0.1, 0.15) is 17.1 Å². The fourth-order valence-electron chi connectivity index (χ4n) is 3.48. The SMILES string of the molecule is Cc1cccc2nc(C(=O)NCC(c3ccco3)N3CCCC3)cn12. The van der Waals surface area contributed by atoms with Crippen molar-refractivity contribution in [3.63, 3.8) is 0 Å². The van der Waals surface area contributed by atoms with Gasteiger partial charge in [0.2, 0.25) is 0 Å². The molecular formula is C19H22N4O2. The summed E-state index contributed by atoms with van der Waals surface area (Å²) in [6.07, 6.45) is 5.86. The maximum Gasteiger partial charge on any atom is 0.271 e. The number of amides is 1. The lowest BCUT2D eigenvalue weighted by atomic mass is 10.2. The lowest BCUT2D eigenvalue weighted by Gasteiger charge is -2.25. The van der Waals surface area contributed by atoms with E-state index in [2.05, 4.69) is 15.2 Å². The Morgan fingerprint density at radius 2 is 2.12 bits per heavy atom. The Balaban J connectivity index is 1.49. The van der Waals surface area contributed by atoms with Crippen molar-refractivity contribution in [3.8, 4) is 0 Å². The van der Waals surface area contributed by atoms with Crippen molar-refractivity contribution in [1.82, 2.24) is 19.6 Å². The molecule has 1 fully saturated rings. The molecule has 0 spiro atoms. The van der Waals surface area contributed by atoms with Crippen molar-refractivity contribution in [2.75, 3.05) is 19.6 Å². The third-order valence-electron chi connectivity index (χ3n) is 4.84. The van der Waals surface area contributed by atoms with Gasteiger partial charge in [0.25, 0.3) is 5.91 Å². The summed E-state index contributed by atoms with van der Waals surface area (Å²) < 4.78 is 7.53. The molecule has 1 atom stereocenters. The van der Waals surface area contributed by atoms with Gasteiger partial charge in [-0.2, -0.15) is 0 Å². The quantitative estimate of drug-likeness (QED) is 0.777. The zero-order valence-corrected chi connectivity index (χ0v) is 14.3. The molecule has 1 aliphatic rings. The molecule has 1 saturated heterocycles. The first-order chi connectivity index (χ1) is 12.2. The topological polar surface area (TPSA) is 62.8 Å². The fraction of sp³-hybridized carbons (Fsp3) is 0.368. The molecule has 3 aromatic rings. The molecule has 4 rings (SSSR count). The number of aryl methyl sites for hydroxylation is 1. The van der Waals surface area contributed by atoms with Gasteiger partial charge in [0.15, 0.2) is 0 Å². The normalized spacial score (nSPS) is 16.4.